The molecule has 1 unspecified atom stereocenters. The van der Waals surface area contributed by atoms with Crippen LogP contribution in [0.25, 0.3) is 0 Å². The van der Waals surface area contributed by atoms with Crippen molar-refractivity contribution in [3.05, 3.63) is 122 Å². The molecule has 0 aromatic rings. The molecular weight excluding hydrogens is 604 g/mol. The maximum atomic E-state index is 12.1. The van der Waals surface area contributed by atoms with Crippen molar-refractivity contribution in [3.8, 4) is 0 Å². The van der Waals surface area contributed by atoms with Gasteiger partial charge < -0.3 is 14.6 Å². The molecule has 0 saturated heterocycles. The van der Waals surface area contributed by atoms with Gasteiger partial charge in [-0.1, -0.05) is 161 Å². The van der Waals surface area contributed by atoms with Gasteiger partial charge in [0.25, 0.3) is 0 Å². The van der Waals surface area contributed by atoms with Gasteiger partial charge in [-0.25, -0.2) is 0 Å². The summed E-state index contributed by atoms with van der Waals surface area (Å²) in [6, 6.07) is 0. The van der Waals surface area contributed by atoms with Crippen molar-refractivity contribution in [2.75, 3.05) is 19.8 Å². The van der Waals surface area contributed by atoms with Gasteiger partial charge in [0.1, 0.15) is 6.10 Å². The molecule has 0 saturated carbocycles. The van der Waals surface area contributed by atoms with Crippen LogP contribution in [-0.4, -0.2) is 37.0 Å². The summed E-state index contributed by atoms with van der Waals surface area (Å²) in [4.78, 5) is 12.1. The lowest BCUT2D eigenvalue weighted by molar-refractivity contribution is -0.153. The summed E-state index contributed by atoms with van der Waals surface area (Å²) in [5.74, 6) is -0.339. The Bertz CT molecular complexity index is 1020. The number of carbonyl (C=O) groups excluding carboxylic acids is 1. The molecule has 49 heavy (non-hydrogen) atoms. The highest BCUT2D eigenvalue weighted by atomic mass is 16.6. The third-order valence-corrected chi connectivity index (χ3v) is 7.31. The minimum Gasteiger partial charge on any atom is -0.457 e. The number of rotatable bonds is 33. The van der Waals surface area contributed by atoms with Crippen LogP contribution in [0.15, 0.2) is 122 Å². The van der Waals surface area contributed by atoms with Gasteiger partial charge in [-0.05, 0) is 83.5 Å². The Balaban J connectivity index is 3.65. The summed E-state index contributed by atoms with van der Waals surface area (Å²) < 4.78 is 11.0. The number of ether oxygens (including phenoxy) is 2. The van der Waals surface area contributed by atoms with Gasteiger partial charge in [-0.3, -0.25) is 4.79 Å². The van der Waals surface area contributed by atoms with Gasteiger partial charge >= 0.3 is 5.97 Å². The van der Waals surface area contributed by atoms with Crippen LogP contribution in [0.3, 0.4) is 0 Å². The number of hydrogen-bond donors (Lipinski definition) is 1. The molecule has 0 aliphatic rings. The lowest BCUT2D eigenvalue weighted by atomic mass is 10.1. The summed E-state index contributed by atoms with van der Waals surface area (Å²) in [6.07, 6.45) is 61.2. The number of aliphatic hydroxyl groups is 1. The van der Waals surface area contributed by atoms with Crippen LogP contribution in [0.4, 0.5) is 0 Å². The summed E-state index contributed by atoms with van der Waals surface area (Å²) in [6.45, 7) is 4.94. The fourth-order valence-electron chi connectivity index (χ4n) is 4.55. The van der Waals surface area contributed by atoms with Gasteiger partial charge in [0.2, 0.25) is 0 Å². The van der Waals surface area contributed by atoms with E-state index in [1.807, 2.05) is 12.2 Å². The SMILES string of the molecule is CC/C=C\C/C=C\C/C=C\C/C=C\C/C=C\CCCCCCCCOCC(CO)OC(=O)C/C=C\C/C=C\C/C=C\C/C=C\C/C=C\CC. The van der Waals surface area contributed by atoms with Crippen LogP contribution in [0, 0.1) is 0 Å². The molecule has 1 N–H and O–H groups in total. The van der Waals surface area contributed by atoms with E-state index < -0.39 is 6.10 Å². The van der Waals surface area contributed by atoms with E-state index in [4.69, 9.17) is 9.47 Å². The molecule has 0 radical (unpaired) electrons. The molecule has 1 atom stereocenters. The average Bonchev–Trinajstić information content (AvgIpc) is 3.11. The Morgan fingerprint density at radius 3 is 1.29 bits per heavy atom. The predicted molar refractivity (Wildman–Crippen MR) is 214 cm³/mol. The molecule has 0 heterocycles. The van der Waals surface area contributed by atoms with E-state index in [0.717, 1.165) is 83.5 Å². The fourth-order valence-corrected chi connectivity index (χ4v) is 4.55. The second-order valence-corrected chi connectivity index (χ2v) is 11.9. The number of aliphatic hydroxyl groups excluding tert-OH is 1. The van der Waals surface area contributed by atoms with Crippen molar-refractivity contribution in [2.45, 2.75) is 136 Å². The van der Waals surface area contributed by atoms with E-state index in [9.17, 15) is 9.90 Å². The molecule has 0 aromatic heterocycles. The number of allylic oxidation sites excluding steroid dienone is 19. The normalized spacial score (nSPS) is 13.8. The van der Waals surface area contributed by atoms with Gasteiger partial charge in [0, 0.05) is 6.61 Å². The molecular formula is C45H70O4. The van der Waals surface area contributed by atoms with Gasteiger partial charge in [0.15, 0.2) is 0 Å². The van der Waals surface area contributed by atoms with Gasteiger partial charge in [-0.15, -0.1) is 0 Å². The van der Waals surface area contributed by atoms with Crippen LogP contribution in [0.5, 0.6) is 0 Å². The topological polar surface area (TPSA) is 55.8 Å². The molecule has 0 aliphatic carbocycles. The first-order chi connectivity index (χ1) is 24.2. The smallest absolute Gasteiger partial charge is 0.310 e. The monoisotopic (exact) mass is 675 g/mol. The highest BCUT2D eigenvalue weighted by Gasteiger charge is 2.12. The van der Waals surface area contributed by atoms with Crippen LogP contribution in [-0.2, 0) is 14.3 Å². The zero-order chi connectivity index (χ0) is 35.6. The summed E-state index contributed by atoms with van der Waals surface area (Å²) >= 11 is 0. The van der Waals surface area contributed by atoms with Crippen molar-refractivity contribution in [1.29, 1.82) is 0 Å². The number of hydrogen-bond acceptors (Lipinski definition) is 4. The van der Waals surface area contributed by atoms with Crippen molar-refractivity contribution in [3.63, 3.8) is 0 Å². The zero-order valence-corrected chi connectivity index (χ0v) is 31.1. The van der Waals surface area contributed by atoms with Crippen LogP contribution in [0.1, 0.15) is 129 Å². The number of esters is 1. The largest absolute Gasteiger partial charge is 0.457 e. The fraction of sp³-hybridized carbons (Fsp3) is 0.533. The third kappa shape index (κ3) is 39.1. The Morgan fingerprint density at radius 2 is 0.857 bits per heavy atom. The molecule has 0 rings (SSSR count). The van der Waals surface area contributed by atoms with Crippen molar-refractivity contribution in [2.24, 2.45) is 0 Å². The van der Waals surface area contributed by atoms with E-state index in [2.05, 4.69) is 123 Å². The highest BCUT2D eigenvalue weighted by Crippen LogP contribution is 2.09. The lowest BCUT2D eigenvalue weighted by Gasteiger charge is -2.15. The standard InChI is InChI=1S/C45H70O4/c1-3-5-7-9-11-13-15-17-19-20-21-22-23-24-25-27-29-31-33-35-37-39-41-48-43-44(42-46)49-45(47)40-38-36-34-32-30-28-26-18-16-14-12-10-8-6-4-2/h5-8,11-14,17-19,21-22,24-26,30,32,36,38,44,46H,3-4,9-10,15-16,20,23,27-29,31,33-35,37,39-43H2,1-2H3/b7-5-,8-6-,13-11-,14-12-,19-17-,22-21-,25-24-,26-18-,32-30-,38-36-. The van der Waals surface area contributed by atoms with Crippen molar-refractivity contribution < 1.29 is 19.4 Å². The Morgan fingerprint density at radius 1 is 0.490 bits per heavy atom. The van der Waals surface area contributed by atoms with Gasteiger partial charge in [-0.2, -0.15) is 0 Å². The number of unbranched alkanes of at least 4 members (excludes halogenated alkanes) is 6. The van der Waals surface area contributed by atoms with Crippen molar-refractivity contribution in [1.82, 2.24) is 0 Å². The highest BCUT2D eigenvalue weighted by molar-refractivity contribution is 5.71. The molecule has 274 valence electrons. The quantitative estimate of drug-likeness (QED) is 0.0428. The zero-order valence-electron chi connectivity index (χ0n) is 31.1. The molecule has 0 aliphatic heterocycles. The molecule has 0 amide bonds. The van der Waals surface area contributed by atoms with E-state index in [1.54, 1.807) is 0 Å². The summed E-state index contributed by atoms with van der Waals surface area (Å²) in [5.41, 5.74) is 0. The van der Waals surface area contributed by atoms with Crippen molar-refractivity contribution >= 4 is 5.97 Å². The van der Waals surface area contributed by atoms with E-state index in [-0.39, 0.29) is 25.6 Å². The lowest BCUT2D eigenvalue weighted by Crippen LogP contribution is -2.27. The Hall–Kier alpha value is -3.21. The first kappa shape index (κ1) is 45.8. The maximum Gasteiger partial charge on any atom is 0.310 e. The number of carbonyl (C=O) groups is 1. The molecule has 0 bridgehead atoms. The molecule has 0 spiro atoms. The third-order valence-electron chi connectivity index (χ3n) is 7.31. The molecule has 0 fully saturated rings. The maximum absolute atomic E-state index is 12.1. The molecule has 4 heteroatoms. The predicted octanol–water partition coefficient (Wildman–Crippen LogP) is 12.5. The molecule has 4 nitrogen and oxygen atoms in total. The van der Waals surface area contributed by atoms with Crippen LogP contribution in [0.2, 0.25) is 0 Å². The Kier molecular flexibility index (Phi) is 38.3. The van der Waals surface area contributed by atoms with Crippen LogP contribution >= 0.6 is 0 Å². The van der Waals surface area contributed by atoms with Gasteiger partial charge in [0.05, 0.1) is 19.6 Å². The second-order valence-electron chi connectivity index (χ2n) is 11.9. The van der Waals surface area contributed by atoms with E-state index in [1.165, 1.54) is 25.7 Å². The first-order valence-electron chi connectivity index (χ1n) is 19.1. The van der Waals surface area contributed by atoms with Crippen LogP contribution < -0.4 is 0 Å². The molecule has 0 aromatic carbocycles. The minimum absolute atomic E-state index is 0.200. The minimum atomic E-state index is -0.605. The van der Waals surface area contributed by atoms with E-state index in [0.29, 0.717) is 6.61 Å². The average molecular weight is 675 g/mol. The first-order valence-corrected chi connectivity index (χ1v) is 19.1. The Labute approximate surface area is 301 Å². The second kappa shape index (κ2) is 41.0. The van der Waals surface area contributed by atoms with E-state index >= 15 is 0 Å². The summed E-state index contributed by atoms with van der Waals surface area (Å²) in [7, 11) is 0. The summed E-state index contributed by atoms with van der Waals surface area (Å²) in [5, 5.41) is 9.55.